The highest BCUT2D eigenvalue weighted by molar-refractivity contribution is 5.49. The Kier molecular flexibility index (Phi) is 4.54. The van der Waals surface area contributed by atoms with Gasteiger partial charge in [0.2, 0.25) is 5.88 Å². The maximum atomic E-state index is 12.6. The van der Waals surface area contributed by atoms with Gasteiger partial charge in [0.25, 0.3) is 5.56 Å². The molecule has 3 aromatic rings. The van der Waals surface area contributed by atoms with Gasteiger partial charge in [-0.15, -0.1) is 0 Å². The normalized spacial score (nSPS) is 19.1. The molecule has 1 aliphatic carbocycles. The number of hydrogen-bond donors (Lipinski definition) is 1. The van der Waals surface area contributed by atoms with Crippen molar-refractivity contribution in [2.24, 2.45) is 0 Å². The molecule has 1 N–H and O–H groups in total. The fourth-order valence-electron chi connectivity index (χ4n) is 2.71. The summed E-state index contributed by atoms with van der Waals surface area (Å²) in [6.45, 7) is 0. The number of aromatic amines is 1. The number of hydrogen-bond acceptors (Lipinski definition) is 6. The molecule has 1 aliphatic rings. The average molecular weight is 393 g/mol. The van der Waals surface area contributed by atoms with E-state index in [1.807, 2.05) is 0 Å². The lowest BCUT2D eigenvalue weighted by atomic mass is 9.92. The SMILES string of the molecule is O=c1cc(-c2cnc(OC3CC(Oc4ccc(C(F)(F)F)cc4)C3)cn2)o[nH]1. The Labute approximate surface area is 156 Å². The topological polar surface area (TPSA) is 90.2 Å². The summed E-state index contributed by atoms with van der Waals surface area (Å²) in [7, 11) is 0. The van der Waals surface area contributed by atoms with E-state index < -0.39 is 11.7 Å². The van der Waals surface area contributed by atoms with Crippen molar-refractivity contribution in [2.75, 3.05) is 0 Å². The molecule has 7 nitrogen and oxygen atoms in total. The van der Waals surface area contributed by atoms with Gasteiger partial charge in [0.1, 0.15) is 23.7 Å². The van der Waals surface area contributed by atoms with Crippen LogP contribution >= 0.6 is 0 Å². The van der Waals surface area contributed by atoms with Crippen LogP contribution in [0.4, 0.5) is 13.2 Å². The molecular weight excluding hydrogens is 379 g/mol. The number of alkyl halides is 3. The van der Waals surface area contributed by atoms with Crippen molar-refractivity contribution in [3.05, 3.63) is 58.6 Å². The molecule has 0 unspecified atom stereocenters. The van der Waals surface area contributed by atoms with Crippen LogP contribution in [0.5, 0.6) is 11.6 Å². The Morgan fingerprint density at radius 1 is 1.04 bits per heavy atom. The summed E-state index contributed by atoms with van der Waals surface area (Å²) in [5.41, 5.74) is -0.691. The van der Waals surface area contributed by atoms with Crippen molar-refractivity contribution in [2.45, 2.75) is 31.2 Å². The van der Waals surface area contributed by atoms with E-state index in [0.29, 0.717) is 30.2 Å². The van der Waals surface area contributed by atoms with Gasteiger partial charge in [0.05, 0.1) is 24.0 Å². The maximum Gasteiger partial charge on any atom is 0.416 e. The average Bonchev–Trinajstić information content (AvgIpc) is 3.06. The summed E-state index contributed by atoms with van der Waals surface area (Å²) in [5.74, 6) is 0.978. The molecule has 1 fully saturated rings. The Morgan fingerprint density at radius 3 is 2.32 bits per heavy atom. The van der Waals surface area contributed by atoms with E-state index in [4.69, 9.17) is 14.0 Å². The van der Waals surface area contributed by atoms with Crippen LogP contribution in [0.2, 0.25) is 0 Å². The Balaban J connectivity index is 1.27. The monoisotopic (exact) mass is 393 g/mol. The lowest BCUT2D eigenvalue weighted by Crippen LogP contribution is -2.41. The molecule has 0 radical (unpaired) electrons. The van der Waals surface area contributed by atoms with Gasteiger partial charge >= 0.3 is 6.18 Å². The van der Waals surface area contributed by atoms with Gasteiger partial charge in [-0.3, -0.25) is 4.79 Å². The largest absolute Gasteiger partial charge is 0.490 e. The van der Waals surface area contributed by atoms with Gasteiger partial charge in [-0.2, -0.15) is 18.3 Å². The number of nitrogens with zero attached hydrogens (tertiary/aromatic N) is 2. The number of benzene rings is 1. The van der Waals surface area contributed by atoms with Crippen LogP contribution in [0.3, 0.4) is 0 Å². The first-order chi connectivity index (χ1) is 13.4. The molecule has 2 aromatic heterocycles. The molecule has 4 rings (SSSR count). The second kappa shape index (κ2) is 7.02. The molecule has 0 amide bonds. The number of rotatable bonds is 5. The van der Waals surface area contributed by atoms with Crippen molar-refractivity contribution in [1.82, 2.24) is 15.1 Å². The fourth-order valence-corrected chi connectivity index (χ4v) is 2.71. The minimum atomic E-state index is -4.36. The number of ether oxygens (including phenoxy) is 2. The Bertz CT molecular complexity index is 990. The zero-order valence-electron chi connectivity index (χ0n) is 14.3. The van der Waals surface area contributed by atoms with Crippen LogP contribution in [-0.2, 0) is 6.18 Å². The molecule has 1 saturated carbocycles. The molecule has 10 heteroatoms. The molecule has 0 atom stereocenters. The highest BCUT2D eigenvalue weighted by Crippen LogP contribution is 2.32. The van der Waals surface area contributed by atoms with E-state index in [0.717, 1.165) is 12.1 Å². The Morgan fingerprint density at radius 2 is 1.75 bits per heavy atom. The second-order valence-corrected chi connectivity index (χ2v) is 6.29. The van der Waals surface area contributed by atoms with Crippen molar-refractivity contribution >= 4 is 0 Å². The van der Waals surface area contributed by atoms with Gasteiger partial charge in [0, 0.05) is 12.8 Å². The summed E-state index contributed by atoms with van der Waals surface area (Å²) in [6, 6.07) is 5.86. The third-order valence-electron chi connectivity index (χ3n) is 4.23. The smallest absolute Gasteiger partial charge is 0.416 e. The molecule has 2 heterocycles. The first kappa shape index (κ1) is 18.1. The lowest BCUT2D eigenvalue weighted by Gasteiger charge is -2.34. The summed E-state index contributed by atoms with van der Waals surface area (Å²) < 4.78 is 53.9. The highest BCUT2D eigenvalue weighted by Gasteiger charge is 2.34. The van der Waals surface area contributed by atoms with Crippen molar-refractivity contribution in [3.8, 4) is 23.1 Å². The van der Waals surface area contributed by atoms with Gasteiger partial charge < -0.3 is 14.0 Å². The second-order valence-electron chi connectivity index (χ2n) is 6.29. The zero-order chi connectivity index (χ0) is 19.7. The van der Waals surface area contributed by atoms with E-state index >= 15 is 0 Å². The van der Waals surface area contributed by atoms with E-state index in [-0.39, 0.29) is 23.5 Å². The third-order valence-corrected chi connectivity index (χ3v) is 4.23. The number of H-pyrrole nitrogens is 1. The standard InChI is InChI=1S/C18H14F3N3O4/c19-18(20,21)10-1-3-11(4-2-10)26-12-5-13(6-12)27-17-9-22-14(8-23-17)15-7-16(25)24-28-15/h1-4,7-9,12-13H,5-6H2,(H,24,25). The summed E-state index contributed by atoms with van der Waals surface area (Å²) in [5, 5.41) is 2.17. The van der Waals surface area contributed by atoms with Crippen LogP contribution in [0.1, 0.15) is 18.4 Å². The van der Waals surface area contributed by atoms with Crippen LogP contribution in [0.15, 0.2) is 52.0 Å². The minimum absolute atomic E-state index is 0.121. The minimum Gasteiger partial charge on any atom is -0.490 e. The number of nitrogens with one attached hydrogen (secondary N) is 1. The Hall–Kier alpha value is -3.30. The third kappa shape index (κ3) is 4.00. The van der Waals surface area contributed by atoms with Crippen molar-refractivity contribution in [3.63, 3.8) is 0 Å². The molecule has 146 valence electrons. The predicted molar refractivity (Wildman–Crippen MR) is 89.9 cm³/mol. The van der Waals surface area contributed by atoms with Gasteiger partial charge in [-0.05, 0) is 24.3 Å². The molecule has 0 saturated heterocycles. The van der Waals surface area contributed by atoms with Crippen LogP contribution < -0.4 is 15.0 Å². The van der Waals surface area contributed by atoms with Crippen molar-refractivity contribution in [1.29, 1.82) is 0 Å². The zero-order valence-corrected chi connectivity index (χ0v) is 14.3. The molecule has 0 bridgehead atoms. The summed E-state index contributed by atoms with van der Waals surface area (Å²) >= 11 is 0. The van der Waals surface area contributed by atoms with E-state index in [2.05, 4.69) is 15.1 Å². The van der Waals surface area contributed by atoms with Gasteiger partial charge in [-0.1, -0.05) is 0 Å². The molecular formula is C18H14F3N3O4. The van der Waals surface area contributed by atoms with Crippen LogP contribution in [-0.4, -0.2) is 27.3 Å². The van der Waals surface area contributed by atoms with E-state index in [1.165, 1.54) is 30.6 Å². The number of aromatic nitrogens is 3. The van der Waals surface area contributed by atoms with Crippen LogP contribution in [0, 0.1) is 0 Å². The molecule has 1 aromatic carbocycles. The highest BCUT2D eigenvalue weighted by atomic mass is 19.4. The van der Waals surface area contributed by atoms with E-state index in [1.54, 1.807) is 0 Å². The lowest BCUT2D eigenvalue weighted by molar-refractivity contribution is -0.137. The quantitative estimate of drug-likeness (QED) is 0.714. The summed E-state index contributed by atoms with van der Waals surface area (Å²) in [6.07, 6.45) is -0.610. The fraction of sp³-hybridized carbons (Fsp3) is 0.278. The predicted octanol–water partition coefficient (Wildman–Crippen LogP) is 3.43. The summed E-state index contributed by atoms with van der Waals surface area (Å²) in [4.78, 5) is 19.3. The number of halogens is 3. The molecule has 0 spiro atoms. The van der Waals surface area contributed by atoms with Crippen molar-refractivity contribution < 1.29 is 27.2 Å². The molecule has 28 heavy (non-hydrogen) atoms. The molecule has 0 aliphatic heterocycles. The maximum absolute atomic E-state index is 12.6. The van der Waals surface area contributed by atoms with Gasteiger partial charge in [-0.25, -0.2) is 9.97 Å². The first-order valence-corrected chi connectivity index (χ1v) is 8.38. The first-order valence-electron chi connectivity index (χ1n) is 8.38. The van der Waals surface area contributed by atoms with Gasteiger partial charge in [0.15, 0.2) is 5.76 Å². The van der Waals surface area contributed by atoms with E-state index in [9.17, 15) is 18.0 Å². The van der Waals surface area contributed by atoms with Crippen LogP contribution in [0.25, 0.3) is 11.5 Å².